The molecule has 1 saturated heterocycles. The summed E-state index contributed by atoms with van der Waals surface area (Å²) in [6, 6.07) is 20.5. The Morgan fingerprint density at radius 3 is 1.40 bits per heavy atom. The van der Waals surface area contributed by atoms with Gasteiger partial charge in [-0.05, 0) is 72.0 Å². The number of hydrogen-bond acceptors (Lipinski definition) is 15. The quantitative estimate of drug-likeness (QED) is 0.0353. The van der Waals surface area contributed by atoms with Gasteiger partial charge in [0, 0.05) is 52.4 Å². The number of aliphatic hydroxyl groups excluding tert-OH is 1. The molecule has 16 nitrogen and oxygen atoms in total. The second-order valence-electron chi connectivity index (χ2n) is 15.7. The van der Waals surface area contributed by atoms with Gasteiger partial charge in [-0.15, -0.1) is 0 Å². The highest BCUT2D eigenvalue weighted by atomic mass is 35.5. The van der Waals surface area contributed by atoms with Crippen molar-refractivity contribution >= 4 is 49.8 Å². The molecule has 0 saturated carbocycles. The minimum atomic E-state index is -5.42. The van der Waals surface area contributed by atoms with Crippen LogP contribution in [0.5, 0.6) is 5.75 Å². The van der Waals surface area contributed by atoms with Gasteiger partial charge in [-0.1, -0.05) is 47.5 Å². The van der Waals surface area contributed by atoms with E-state index in [1.807, 2.05) is 60.7 Å². The molecule has 0 atom stereocenters. The first-order valence-electron chi connectivity index (χ1n) is 23.2. The SMILES string of the molecule is O=S(=O)(N1CCC(Nc2ccnc3c(OCCOCCOCCOCCOCCOCCOCCOCCOCCOCCO)cc(C(c4ccc(Cl)cc4)c4ccc(Cl)cc4)cc23)CC1)C(F)(F)F. The lowest BCUT2D eigenvalue weighted by molar-refractivity contribution is -0.0494. The molecule has 5 rings (SSSR count). The second-order valence-corrected chi connectivity index (χ2v) is 18.5. The Morgan fingerprint density at radius 2 is 1.00 bits per heavy atom. The van der Waals surface area contributed by atoms with Crippen LogP contribution in [-0.2, 0) is 52.7 Å². The van der Waals surface area contributed by atoms with Gasteiger partial charge in [0.05, 0.1) is 126 Å². The van der Waals surface area contributed by atoms with Crippen LogP contribution in [0.25, 0.3) is 10.9 Å². The molecular formula is C48H64Cl2F3N3O13S. The largest absolute Gasteiger partial charge is 0.511 e. The number of fused-ring (bicyclic) bond motifs is 1. The van der Waals surface area contributed by atoms with Crippen LogP contribution >= 0.6 is 23.2 Å². The molecule has 2 heterocycles. The summed E-state index contributed by atoms with van der Waals surface area (Å²) in [5.74, 6) is 0.196. The minimum absolute atomic E-state index is 0.00178. The average Bonchev–Trinajstić information content (AvgIpc) is 3.34. The summed E-state index contributed by atoms with van der Waals surface area (Å²) in [7, 11) is -5.42. The number of sulfonamides is 1. The van der Waals surface area contributed by atoms with Crippen molar-refractivity contribution in [2.75, 3.05) is 151 Å². The van der Waals surface area contributed by atoms with Crippen LogP contribution in [0.2, 0.25) is 10.0 Å². The third-order valence-corrected chi connectivity index (χ3v) is 12.8. The molecule has 1 fully saturated rings. The summed E-state index contributed by atoms with van der Waals surface area (Å²) in [6.07, 6.45) is 1.96. The number of ether oxygens (including phenoxy) is 10. The molecule has 22 heteroatoms. The van der Waals surface area contributed by atoms with E-state index in [0.717, 1.165) is 16.7 Å². The van der Waals surface area contributed by atoms with Crippen molar-refractivity contribution in [3.8, 4) is 5.75 Å². The van der Waals surface area contributed by atoms with E-state index in [0.29, 0.717) is 149 Å². The van der Waals surface area contributed by atoms with Crippen molar-refractivity contribution < 1.29 is 74.1 Å². The van der Waals surface area contributed by atoms with Gasteiger partial charge in [0.1, 0.15) is 17.9 Å². The molecule has 0 amide bonds. The van der Waals surface area contributed by atoms with E-state index in [2.05, 4.69) is 10.3 Å². The summed E-state index contributed by atoms with van der Waals surface area (Å²) in [5.41, 5.74) is -1.37. The van der Waals surface area contributed by atoms with Gasteiger partial charge in [-0.2, -0.15) is 17.5 Å². The summed E-state index contributed by atoms with van der Waals surface area (Å²) < 4.78 is 120. The van der Waals surface area contributed by atoms with Crippen molar-refractivity contribution in [2.24, 2.45) is 0 Å². The normalized spacial score (nSPS) is 14.0. The van der Waals surface area contributed by atoms with E-state index in [1.165, 1.54) is 0 Å². The number of halogens is 5. The molecule has 3 aromatic carbocycles. The van der Waals surface area contributed by atoms with Crippen molar-refractivity contribution in [1.82, 2.24) is 9.29 Å². The fourth-order valence-corrected chi connectivity index (χ4v) is 8.51. The zero-order chi connectivity index (χ0) is 49.9. The van der Waals surface area contributed by atoms with E-state index in [9.17, 15) is 21.6 Å². The Kier molecular flexibility index (Phi) is 26.2. The highest BCUT2D eigenvalue weighted by molar-refractivity contribution is 7.90. The van der Waals surface area contributed by atoms with Crippen LogP contribution in [0.1, 0.15) is 35.4 Å². The summed E-state index contributed by atoms with van der Waals surface area (Å²) >= 11 is 12.6. The van der Waals surface area contributed by atoms with Gasteiger partial charge in [-0.25, -0.2) is 8.42 Å². The molecule has 2 N–H and O–H groups in total. The molecule has 1 aliphatic heterocycles. The maximum atomic E-state index is 13.3. The molecule has 0 bridgehead atoms. The summed E-state index contributed by atoms with van der Waals surface area (Å²) in [4.78, 5) is 4.68. The number of nitrogens with zero attached hydrogens (tertiary/aromatic N) is 2. The van der Waals surface area contributed by atoms with E-state index < -0.39 is 15.5 Å². The van der Waals surface area contributed by atoms with Crippen LogP contribution in [0.3, 0.4) is 0 Å². The van der Waals surface area contributed by atoms with Crippen molar-refractivity contribution in [1.29, 1.82) is 0 Å². The van der Waals surface area contributed by atoms with Crippen LogP contribution in [0.4, 0.5) is 18.9 Å². The number of nitrogens with one attached hydrogen (secondary N) is 1. The van der Waals surface area contributed by atoms with E-state index >= 15 is 0 Å². The first-order chi connectivity index (χ1) is 34.0. The first-order valence-corrected chi connectivity index (χ1v) is 25.4. The number of aromatic nitrogens is 1. The monoisotopic (exact) mass is 1050 g/mol. The van der Waals surface area contributed by atoms with E-state index in [4.69, 9.17) is 75.7 Å². The fraction of sp³-hybridized carbons (Fsp3) is 0.562. The number of anilines is 1. The van der Waals surface area contributed by atoms with Crippen LogP contribution in [0, 0.1) is 0 Å². The van der Waals surface area contributed by atoms with Crippen LogP contribution in [0.15, 0.2) is 72.9 Å². The molecule has 0 spiro atoms. The molecule has 1 aromatic heterocycles. The molecule has 0 unspecified atom stereocenters. The summed E-state index contributed by atoms with van der Waals surface area (Å²) in [6.45, 7) is 7.10. The number of piperidine rings is 1. The molecule has 4 aromatic rings. The second kappa shape index (κ2) is 31.9. The molecular weight excluding hydrogens is 987 g/mol. The smallest absolute Gasteiger partial charge is 0.489 e. The predicted molar refractivity (Wildman–Crippen MR) is 259 cm³/mol. The molecule has 390 valence electrons. The number of hydrogen-bond donors (Lipinski definition) is 2. The average molecular weight is 1050 g/mol. The zero-order valence-corrected chi connectivity index (χ0v) is 41.4. The Hall–Kier alpha value is -3.45. The van der Waals surface area contributed by atoms with E-state index in [1.54, 1.807) is 12.3 Å². The van der Waals surface area contributed by atoms with Crippen LogP contribution < -0.4 is 10.1 Å². The minimum Gasteiger partial charge on any atom is -0.489 e. The van der Waals surface area contributed by atoms with Crippen molar-refractivity contribution in [3.63, 3.8) is 0 Å². The highest BCUT2D eigenvalue weighted by Gasteiger charge is 2.50. The number of benzene rings is 3. The Balaban J connectivity index is 1.02. The lowest BCUT2D eigenvalue weighted by Gasteiger charge is -2.32. The summed E-state index contributed by atoms with van der Waals surface area (Å²) in [5, 5.41) is 14.0. The van der Waals surface area contributed by atoms with Crippen molar-refractivity contribution in [3.05, 3.63) is 99.7 Å². The van der Waals surface area contributed by atoms with E-state index in [-0.39, 0.29) is 57.7 Å². The number of pyridine rings is 1. The predicted octanol–water partition coefficient (Wildman–Crippen LogP) is 6.97. The lowest BCUT2D eigenvalue weighted by atomic mass is 9.84. The Labute approximate surface area is 417 Å². The van der Waals surface area contributed by atoms with Crippen LogP contribution in [-0.4, -0.2) is 180 Å². The lowest BCUT2D eigenvalue weighted by Crippen LogP contribution is -2.47. The highest BCUT2D eigenvalue weighted by Crippen LogP contribution is 2.40. The standard InChI is InChI=1S/C48H64Cl2F3N3O13S/c49-40-5-1-37(2-6-40)46(38-3-7-41(50)8-4-38)39-35-43-44(55-42-10-13-56(14-11-42)70(58,59)48(51,52)53)9-12-54-47(43)45(36-39)69-34-33-68-32-31-67-30-29-66-28-27-65-26-25-64-24-23-63-22-21-62-20-19-61-18-17-60-16-15-57/h1-9,12,35-36,42,46,57H,10-11,13-34H2,(H,54,55). The zero-order valence-electron chi connectivity index (χ0n) is 39.1. The Bertz CT molecular complexity index is 2130. The van der Waals surface area contributed by atoms with Gasteiger partial charge >= 0.3 is 15.5 Å². The topological polar surface area (TPSA) is 175 Å². The first kappa shape index (κ1) is 57.5. The third-order valence-electron chi connectivity index (χ3n) is 10.7. The maximum absolute atomic E-state index is 13.3. The van der Waals surface area contributed by atoms with Gasteiger partial charge in [-0.3, -0.25) is 4.98 Å². The molecule has 0 aliphatic carbocycles. The number of alkyl halides is 3. The van der Waals surface area contributed by atoms with Gasteiger partial charge in [0.25, 0.3) is 0 Å². The number of aliphatic hydroxyl groups is 1. The third kappa shape index (κ3) is 19.9. The fourth-order valence-electron chi connectivity index (χ4n) is 7.28. The Morgan fingerprint density at radius 1 is 0.600 bits per heavy atom. The van der Waals surface area contributed by atoms with Crippen molar-refractivity contribution in [2.45, 2.75) is 30.3 Å². The van der Waals surface area contributed by atoms with Gasteiger partial charge in [0.2, 0.25) is 0 Å². The van der Waals surface area contributed by atoms with Gasteiger partial charge in [0.15, 0.2) is 0 Å². The molecule has 70 heavy (non-hydrogen) atoms. The molecule has 1 aliphatic rings. The van der Waals surface area contributed by atoms with Gasteiger partial charge < -0.3 is 57.8 Å². The number of rotatable bonds is 36. The maximum Gasteiger partial charge on any atom is 0.511 e. The molecule has 0 radical (unpaired) electrons.